The molecule has 0 saturated carbocycles. The molecule has 1 amide bonds. The van der Waals surface area contributed by atoms with Crippen LogP contribution in [0.15, 0.2) is 0 Å². The minimum Gasteiger partial charge on any atom is -0.468 e. The number of piperidine rings is 1. The molecular formula is C12H22N2O3S. The van der Waals surface area contributed by atoms with Gasteiger partial charge in [0.25, 0.3) is 0 Å². The number of amides is 1. The van der Waals surface area contributed by atoms with Gasteiger partial charge in [0.05, 0.1) is 12.9 Å². The standard InChI is InChI=1S/C12H22N2O3S/c1-9-4-3-5-14(6-9)11(15)8-18-7-10(13)12(16)17-2/h9-10H,3-8,13H2,1-2H3. The fraction of sp³-hybridized carbons (Fsp3) is 0.833. The van der Waals surface area contributed by atoms with E-state index in [1.807, 2.05) is 4.90 Å². The summed E-state index contributed by atoms with van der Waals surface area (Å²) in [7, 11) is 1.31. The summed E-state index contributed by atoms with van der Waals surface area (Å²) in [4.78, 5) is 24.9. The predicted molar refractivity (Wildman–Crippen MR) is 72.3 cm³/mol. The molecule has 2 unspecified atom stereocenters. The number of hydrogen-bond acceptors (Lipinski definition) is 5. The third-order valence-corrected chi connectivity index (χ3v) is 4.08. The van der Waals surface area contributed by atoms with Crippen molar-refractivity contribution in [2.75, 3.05) is 31.7 Å². The zero-order valence-corrected chi connectivity index (χ0v) is 11.9. The van der Waals surface area contributed by atoms with E-state index in [1.165, 1.54) is 25.3 Å². The van der Waals surface area contributed by atoms with Crippen LogP contribution in [0.2, 0.25) is 0 Å². The van der Waals surface area contributed by atoms with Gasteiger partial charge in [0, 0.05) is 18.8 Å². The van der Waals surface area contributed by atoms with Gasteiger partial charge in [0.2, 0.25) is 5.91 Å². The minimum atomic E-state index is -0.645. The first-order valence-electron chi connectivity index (χ1n) is 6.23. The lowest BCUT2D eigenvalue weighted by atomic mass is 10.0. The van der Waals surface area contributed by atoms with Crippen LogP contribution in [0.25, 0.3) is 0 Å². The first-order chi connectivity index (χ1) is 8.54. The molecule has 0 aromatic rings. The Hall–Kier alpha value is -0.750. The summed E-state index contributed by atoms with van der Waals surface area (Å²) in [6, 6.07) is -0.645. The van der Waals surface area contributed by atoms with Gasteiger partial charge >= 0.3 is 5.97 Å². The summed E-state index contributed by atoms with van der Waals surface area (Å²) in [6.07, 6.45) is 2.28. The van der Waals surface area contributed by atoms with Gasteiger partial charge in [-0.3, -0.25) is 9.59 Å². The summed E-state index contributed by atoms with van der Waals surface area (Å²) >= 11 is 1.39. The molecule has 0 aromatic heterocycles. The molecule has 0 spiro atoms. The molecule has 1 heterocycles. The van der Waals surface area contributed by atoms with Gasteiger partial charge in [-0.1, -0.05) is 6.92 Å². The molecule has 1 aliphatic rings. The highest BCUT2D eigenvalue weighted by molar-refractivity contribution is 8.00. The number of rotatable bonds is 5. The van der Waals surface area contributed by atoms with E-state index in [4.69, 9.17) is 5.73 Å². The van der Waals surface area contributed by atoms with E-state index >= 15 is 0 Å². The SMILES string of the molecule is COC(=O)C(N)CSCC(=O)N1CCCC(C)C1. The fourth-order valence-corrected chi connectivity index (χ4v) is 2.86. The van der Waals surface area contributed by atoms with Crippen LogP contribution in [0.4, 0.5) is 0 Å². The van der Waals surface area contributed by atoms with Crippen molar-refractivity contribution in [3.63, 3.8) is 0 Å². The Labute approximate surface area is 112 Å². The Bertz CT molecular complexity index is 299. The first kappa shape index (κ1) is 15.3. The Morgan fingerprint density at radius 1 is 1.56 bits per heavy atom. The second-order valence-corrected chi connectivity index (χ2v) is 5.76. The topological polar surface area (TPSA) is 72.6 Å². The summed E-state index contributed by atoms with van der Waals surface area (Å²) in [5.41, 5.74) is 5.59. The van der Waals surface area contributed by atoms with Gasteiger partial charge in [-0.2, -0.15) is 0 Å². The second kappa shape index (κ2) is 7.63. The molecular weight excluding hydrogens is 252 g/mol. The average molecular weight is 274 g/mol. The van der Waals surface area contributed by atoms with E-state index < -0.39 is 12.0 Å². The smallest absolute Gasteiger partial charge is 0.323 e. The van der Waals surface area contributed by atoms with Crippen LogP contribution in [-0.2, 0) is 14.3 Å². The Morgan fingerprint density at radius 3 is 2.89 bits per heavy atom. The normalized spacial score (nSPS) is 21.5. The van der Waals surface area contributed by atoms with Crippen molar-refractivity contribution in [1.82, 2.24) is 4.90 Å². The lowest BCUT2D eigenvalue weighted by Gasteiger charge is -2.30. The third kappa shape index (κ3) is 4.86. The monoisotopic (exact) mass is 274 g/mol. The van der Waals surface area contributed by atoms with Crippen molar-refractivity contribution in [2.24, 2.45) is 11.7 Å². The number of thioether (sulfide) groups is 1. The molecule has 1 saturated heterocycles. The van der Waals surface area contributed by atoms with Gasteiger partial charge in [0.1, 0.15) is 6.04 Å². The first-order valence-corrected chi connectivity index (χ1v) is 7.39. The summed E-state index contributed by atoms with van der Waals surface area (Å²) in [6.45, 7) is 3.87. The maximum atomic E-state index is 11.9. The molecule has 0 radical (unpaired) electrons. The number of carbonyl (C=O) groups is 2. The fourth-order valence-electron chi connectivity index (χ4n) is 2.00. The van der Waals surface area contributed by atoms with E-state index in [0.717, 1.165) is 19.5 Å². The number of ether oxygens (including phenoxy) is 1. The average Bonchev–Trinajstić information content (AvgIpc) is 2.37. The molecule has 1 fully saturated rings. The second-order valence-electron chi connectivity index (χ2n) is 4.73. The summed E-state index contributed by atoms with van der Waals surface area (Å²) in [5.74, 6) is 1.11. The Balaban J connectivity index is 2.22. The van der Waals surface area contributed by atoms with Crippen LogP contribution in [0.3, 0.4) is 0 Å². The molecule has 0 aromatic carbocycles. The van der Waals surface area contributed by atoms with Gasteiger partial charge in [-0.05, 0) is 18.8 Å². The largest absolute Gasteiger partial charge is 0.468 e. The van der Waals surface area contributed by atoms with Crippen molar-refractivity contribution < 1.29 is 14.3 Å². The maximum Gasteiger partial charge on any atom is 0.323 e. The number of carbonyl (C=O) groups excluding carboxylic acids is 2. The molecule has 2 atom stereocenters. The van der Waals surface area contributed by atoms with Crippen LogP contribution >= 0.6 is 11.8 Å². The lowest BCUT2D eigenvalue weighted by molar-refractivity contribution is -0.141. The quantitative estimate of drug-likeness (QED) is 0.738. The van der Waals surface area contributed by atoms with Crippen molar-refractivity contribution in [3.8, 4) is 0 Å². The van der Waals surface area contributed by atoms with Crippen LogP contribution in [0, 0.1) is 5.92 Å². The molecule has 18 heavy (non-hydrogen) atoms. The number of hydrogen-bond donors (Lipinski definition) is 1. The zero-order valence-electron chi connectivity index (χ0n) is 11.1. The highest BCUT2D eigenvalue weighted by Crippen LogP contribution is 2.16. The van der Waals surface area contributed by atoms with E-state index in [-0.39, 0.29) is 5.91 Å². The number of nitrogens with two attached hydrogens (primary N) is 1. The molecule has 1 rings (SSSR count). The van der Waals surface area contributed by atoms with Crippen LogP contribution in [0.5, 0.6) is 0 Å². The highest BCUT2D eigenvalue weighted by Gasteiger charge is 2.21. The molecule has 1 aliphatic heterocycles. The van der Waals surface area contributed by atoms with E-state index in [1.54, 1.807) is 0 Å². The minimum absolute atomic E-state index is 0.142. The molecule has 0 bridgehead atoms. The number of nitrogens with zero attached hydrogens (tertiary/aromatic N) is 1. The van der Waals surface area contributed by atoms with Crippen molar-refractivity contribution in [2.45, 2.75) is 25.8 Å². The van der Waals surface area contributed by atoms with Crippen molar-refractivity contribution in [1.29, 1.82) is 0 Å². The predicted octanol–water partition coefficient (Wildman–Crippen LogP) is 0.478. The van der Waals surface area contributed by atoms with Crippen molar-refractivity contribution in [3.05, 3.63) is 0 Å². The van der Waals surface area contributed by atoms with Crippen LogP contribution in [-0.4, -0.2) is 54.5 Å². The Kier molecular flexibility index (Phi) is 6.49. The highest BCUT2D eigenvalue weighted by atomic mass is 32.2. The van der Waals surface area contributed by atoms with E-state index in [2.05, 4.69) is 11.7 Å². The molecule has 6 heteroatoms. The Morgan fingerprint density at radius 2 is 2.28 bits per heavy atom. The van der Waals surface area contributed by atoms with E-state index in [0.29, 0.717) is 17.4 Å². The summed E-state index contributed by atoms with van der Waals surface area (Å²) in [5, 5.41) is 0. The zero-order chi connectivity index (χ0) is 13.5. The van der Waals surface area contributed by atoms with Gasteiger partial charge in [-0.25, -0.2) is 0 Å². The van der Waals surface area contributed by atoms with E-state index in [9.17, 15) is 9.59 Å². The molecule has 2 N–H and O–H groups in total. The molecule has 104 valence electrons. The summed E-state index contributed by atoms with van der Waals surface area (Å²) < 4.78 is 4.53. The number of esters is 1. The van der Waals surface area contributed by atoms with Gasteiger partial charge < -0.3 is 15.4 Å². The van der Waals surface area contributed by atoms with Crippen molar-refractivity contribution >= 4 is 23.6 Å². The number of likely N-dealkylation sites (tertiary alicyclic amines) is 1. The van der Waals surface area contributed by atoms with Crippen LogP contribution in [0.1, 0.15) is 19.8 Å². The maximum absolute atomic E-state index is 11.9. The molecule has 5 nitrogen and oxygen atoms in total. The number of methoxy groups -OCH3 is 1. The molecule has 0 aliphatic carbocycles. The van der Waals surface area contributed by atoms with Gasteiger partial charge in [0.15, 0.2) is 0 Å². The van der Waals surface area contributed by atoms with Gasteiger partial charge in [-0.15, -0.1) is 11.8 Å². The van der Waals surface area contributed by atoms with Crippen LogP contribution < -0.4 is 5.73 Å². The lowest BCUT2D eigenvalue weighted by Crippen LogP contribution is -2.40. The third-order valence-electron chi connectivity index (χ3n) is 3.04.